The first-order chi connectivity index (χ1) is 15.7. The third-order valence-electron chi connectivity index (χ3n) is 5.51. The van der Waals surface area contributed by atoms with Gasteiger partial charge in [-0.1, -0.05) is 53.5 Å². The molecule has 0 spiro atoms. The summed E-state index contributed by atoms with van der Waals surface area (Å²) < 4.78 is 5.94. The van der Waals surface area contributed by atoms with E-state index in [9.17, 15) is 4.79 Å². The van der Waals surface area contributed by atoms with E-state index < -0.39 is 5.60 Å². The lowest BCUT2D eigenvalue weighted by Gasteiger charge is -2.31. The van der Waals surface area contributed by atoms with Crippen molar-refractivity contribution in [3.63, 3.8) is 0 Å². The van der Waals surface area contributed by atoms with Gasteiger partial charge < -0.3 is 10.1 Å². The molecule has 0 heterocycles. The van der Waals surface area contributed by atoms with Gasteiger partial charge in [-0.3, -0.25) is 4.79 Å². The Labute approximate surface area is 205 Å². The highest BCUT2D eigenvalue weighted by Crippen LogP contribution is 2.28. The largest absolute Gasteiger partial charge is 0.478 e. The van der Waals surface area contributed by atoms with Gasteiger partial charge in [0.25, 0.3) is 5.91 Å². The summed E-state index contributed by atoms with van der Waals surface area (Å²) in [4.78, 5) is 13.2. The minimum atomic E-state index is -1.13. The molecule has 3 aromatic carbocycles. The Balaban J connectivity index is 1.78. The molecule has 0 saturated carbocycles. The van der Waals surface area contributed by atoms with Gasteiger partial charge in [0.2, 0.25) is 0 Å². The topological polar surface area (TPSA) is 62.1 Å². The summed E-state index contributed by atoms with van der Waals surface area (Å²) >= 11 is 12.1. The zero-order valence-electron chi connectivity index (χ0n) is 18.8. The predicted molar refractivity (Wildman–Crippen MR) is 133 cm³/mol. The molecule has 6 heteroatoms. The Morgan fingerprint density at radius 1 is 1.03 bits per heavy atom. The standard InChI is InChI=1S/C27H26Cl2N2O2/c1-18(31-26(32)27(2,3)33-24-6-4-5-20(15-24)17-30)25(21-9-13-23(29)14-10-21)16-19-7-11-22(28)12-8-19/h4-15,18,25H,16H2,1-3H3,(H,31,32). The molecule has 0 aliphatic rings. The van der Waals surface area contributed by atoms with Crippen LogP contribution in [0.1, 0.15) is 43.4 Å². The Kier molecular flexibility index (Phi) is 8.02. The molecule has 0 fully saturated rings. The van der Waals surface area contributed by atoms with Gasteiger partial charge in [-0.05, 0) is 80.8 Å². The molecule has 2 atom stereocenters. The Bertz CT molecular complexity index is 1140. The maximum atomic E-state index is 13.2. The number of nitriles is 1. The molecule has 1 N–H and O–H groups in total. The third kappa shape index (κ3) is 6.74. The summed E-state index contributed by atoms with van der Waals surface area (Å²) in [5, 5.41) is 13.6. The van der Waals surface area contributed by atoms with Crippen molar-refractivity contribution in [1.82, 2.24) is 5.32 Å². The smallest absolute Gasteiger partial charge is 0.263 e. The minimum absolute atomic E-state index is 0.00473. The molecule has 3 aromatic rings. The van der Waals surface area contributed by atoms with Crippen molar-refractivity contribution in [2.24, 2.45) is 0 Å². The Hall–Kier alpha value is -3.00. The average Bonchev–Trinajstić information content (AvgIpc) is 2.79. The number of hydrogen-bond acceptors (Lipinski definition) is 3. The van der Waals surface area contributed by atoms with Gasteiger partial charge in [0.15, 0.2) is 5.60 Å². The van der Waals surface area contributed by atoms with Gasteiger partial charge in [0.1, 0.15) is 5.75 Å². The molecule has 0 saturated heterocycles. The van der Waals surface area contributed by atoms with E-state index in [0.717, 1.165) is 11.1 Å². The van der Waals surface area contributed by atoms with Gasteiger partial charge in [0, 0.05) is 22.0 Å². The van der Waals surface area contributed by atoms with Crippen molar-refractivity contribution in [3.8, 4) is 11.8 Å². The molecule has 0 bridgehead atoms. The number of nitrogens with one attached hydrogen (secondary N) is 1. The second-order valence-corrected chi connectivity index (χ2v) is 9.38. The summed E-state index contributed by atoms with van der Waals surface area (Å²) in [6.07, 6.45) is 0.714. The van der Waals surface area contributed by atoms with Crippen LogP contribution in [0.2, 0.25) is 10.0 Å². The second kappa shape index (κ2) is 10.7. The number of ether oxygens (including phenoxy) is 1. The van der Waals surface area contributed by atoms with Gasteiger partial charge in [0.05, 0.1) is 11.6 Å². The second-order valence-electron chi connectivity index (χ2n) is 8.50. The van der Waals surface area contributed by atoms with Crippen LogP contribution in [0.15, 0.2) is 72.8 Å². The van der Waals surface area contributed by atoms with E-state index in [2.05, 4.69) is 11.4 Å². The lowest BCUT2D eigenvalue weighted by atomic mass is 9.86. The van der Waals surface area contributed by atoms with Crippen LogP contribution in [0.25, 0.3) is 0 Å². The van der Waals surface area contributed by atoms with Gasteiger partial charge >= 0.3 is 0 Å². The molecule has 4 nitrogen and oxygen atoms in total. The van der Waals surface area contributed by atoms with E-state index in [1.54, 1.807) is 38.1 Å². The summed E-state index contributed by atoms with van der Waals surface area (Å²) in [6.45, 7) is 5.41. The van der Waals surface area contributed by atoms with Crippen LogP contribution in [-0.4, -0.2) is 17.6 Å². The zero-order valence-corrected chi connectivity index (χ0v) is 20.3. The fourth-order valence-electron chi connectivity index (χ4n) is 3.62. The molecular weight excluding hydrogens is 455 g/mol. The molecule has 3 rings (SSSR count). The van der Waals surface area contributed by atoms with Crippen molar-refractivity contribution in [1.29, 1.82) is 5.26 Å². The lowest BCUT2D eigenvalue weighted by Crippen LogP contribution is -2.51. The van der Waals surface area contributed by atoms with E-state index in [1.807, 2.05) is 55.5 Å². The Morgan fingerprint density at radius 3 is 2.24 bits per heavy atom. The fraction of sp³-hybridized carbons (Fsp3) is 0.259. The number of halogens is 2. The highest BCUT2D eigenvalue weighted by molar-refractivity contribution is 6.30. The van der Waals surface area contributed by atoms with Crippen molar-refractivity contribution in [2.45, 2.75) is 44.8 Å². The number of carbonyl (C=O) groups is 1. The molecule has 170 valence electrons. The van der Waals surface area contributed by atoms with Crippen molar-refractivity contribution < 1.29 is 9.53 Å². The summed E-state index contributed by atoms with van der Waals surface area (Å²) in [5.74, 6) is 0.231. The maximum Gasteiger partial charge on any atom is 0.263 e. The SMILES string of the molecule is CC(NC(=O)C(C)(C)Oc1cccc(C#N)c1)C(Cc1ccc(Cl)cc1)c1ccc(Cl)cc1. The predicted octanol–water partition coefficient (Wildman–Crippen LogP) is 6.55. The summed E-state index contributed by atoms with van der Waals surface area (Å²) in [5.41, 5.74) is 1.53. The fourth-order valence-corrected chi connectivity index (χ4v) is 3.87. The normalized spacial score (nSPS) is 13.0. The van der Waals surface area contributed by atoms with Crippen molar-refractivity contribution >= 4 is 29.1 Å². The van der Waals surface area contributed by atoms with Crippen LogP contribution in [0.3, 0.4) is 0 Å². The van der Waals surface area contributed by atoms with Crippen molar-refractivity contribution in [2.75, 3.05) is 0 Å². The zero-order chi connectivity index (χ0) is 24.0. The number of rotatable bonds is 8. The highest BCUT2D eigenvalue weighted by Gasteiger charge is 2.33. The van der Waals surface area contributed by atoms with Crippen LogP contribution >= 0.6 is 23.2 Å². The number of nitrogens with zero attached hydrogens (tertiary/aromatic N) is 1. The maximum absolute atomic E-state index is 13.2. The minimum Gasteiger partial charge on any atom is -0.478 e. The highest BCUT2D eigenvalue weighted by atomic mass is 35.5. The van der Waals surface area contributed by atoms with E-state index in [0.29, 0.717) is 27.8 Å². The molecule has 0 aliphatic carbocycles. The van der Waals surface area contributed by atoms with Gasteiger partial charge in [-0.2, -0.15) is 5.26 Å². The van der Waals surface area contributed by atoms with E-state index in [-0.39, 0.29) is 17.9 Å². The number of benzene rings is 3. The van der Waals surface area contributed by atoms with Crippen LogP contribution in [-0.2, 0) is 11.2 Å². The van der Waals surface area contributed by atoms with Crippen LogP contribution in [0.5, 0.6) is 5.75 Å². The molecular formula is C27H26Cl2N2O2. The molecule has 33 heavy (non-hydrogen) atoms. The lowest BCUT2D eigenvalue weighted by molar-refractivity contribution is -0.135. The van der Waals surface area contributed by atoms with Crippen LogP contribution < -0.4 is 10.1 Å². The summed E-state index contributed by atoms with van der Waals surface area (Å²) in [7, 11) is 0. The third-order valence-corrected chi connectivity index (χ3v) is 6.02. The molecule has 0 radical (unpaired) electrons. The number of carbonyl (C=O) groups excluding carboxylic acids is 1. The Morgan fingerprint density at radius 2 is 1.64 bits per heavy atom. The molecule has 2 unspecified atom stereocenters. The van der Waals surface area contributed by atoms with E-state index >= 15 is 0 Å². The van der Waals surface area contributed by atoms with E-state index in [4.69, 9.17) is 33.2 Å². The van der Waals surface area contributed by atoms with Gasteiger partial charge in [-0.25, -0.2) is 0 Å². The quantitative estimate of drug-likeness (QED) is 0.397. The summed E-state index contributed by atoms with van der Waals surface area (Å²) in [6, 6.07) is 24.1. The number of amides is 1. The molecule has 0 aromatic heterocycles. The monoisotopic (exact) mass is 480 g/mol. The first-order valence-electron chi connectivity index (χ1n) is 10.7. The molecule has 0 aliphatic heterocycles. The number of hydrogen-bond donors (Lipinski definition) is 1. The molecule has 1 amide bonds. The first kappa shape index (κ1) is 24.6. The first-order valence-corrected chi connectivity index (χ1v) is 11.4. The van der Waals surface area contributed by atoms with Crippen LogP contribution in [0.4, 0.5) is 0 Å². The average molecular weight is 481 g/mol. The van der Waals surface area contributed by atoms with Gasteiger partial charge in [-0.15, -0.1) is 0 Å². The van der Waals surface area contributed by atoms with Crippen LogP contribution in [0, 0.1) is 11.3 Å². The van der Waals surface area contributed by atoms with Crippen molar-refractivity contribution in [3.05, 3.63) is 99.5 Å². The van der Waals surface area contributed by atoms with E-state index in [1.165, 1.54) is 0 Å².